The molecule has 0 bridgehead atoms. The fourth-order valence-electron chi connectivity index (χ4n) is 5.72. The molecule has 2 fully saturated rings. The zero-order chi connectivity index (χ0) is 25.4. The Balaban J connectivity index is 1.07. The minimum Gasteiger partial charge on any atom is -0.366 e. The maximum atomic E-state index is 13.0. The van der Waals surface area contributed by atoms with Crippen molar-refractivity contribution in [3.8, 4) is 11.3 Å². The van der Waals surface area contributed by atoms with Gasteiger partial charge in [-0.3, -0.25) is 14.3 Å². The zero-order valence-electron chi connectivity index (χ0n) is 20.8. The van der Waals surface area contributed by atoms with Crippen LogP contribution < -0.4 is 10.6 Å². The van der Waals surface area contributed by atoms with Crippen LogP contribution in [0.5, 0.6) is 0 Å². The Morgan fingerprint density at radius 1 is 1.05 bits per heavy atom. The van der Waals surface area contributed by atoms with Gasteiger partial charge in [0, 0.05) is 52.7 Å². The second-order valence-electron chi connectivity index (χ2n) is 10.1. The van der Waals surface area contributed by atoms with Crippen molar-refractivity contribution in [1.82, 2.24) is 19.6 Å². The molecule has 192 valence electrons. The number of amides is 2. The molecule has 2 saturated heterocycles. The van der Waals surface area contributed by atoms with Gasteiger partial charge in [-0.25, -0.2) is 0 Å². The van der Waals surface area contributed by atoms with Crippen LogP contribution in [0.1, 0.15) is 41.6 Å². The van der Waals surface area contributed by atoms with Gasteiger partial charge in [-0.1, -0.05) is 11.6 Å². The molecule has 0 radical (unpaired) electrons. The second-order valence-corrected chi connectivity index (χ2v) is 10.6. The summed E-state index contributed by atoms with van der Waals surface area (Å²) in [5.41, 5.74) is 4.81. The summed E-state index contributed by atoms with van der Waals surface area (Å²) in [5.74, 6) is 0.0228. The van der Waals surface area contributed by atoms with Crippen LogP contribution in [0.25, 0.3) is 11.3 Å². The fourth-order valence-corrected chi connectivity index (χ4v) is 5.89. The Morgan fingerprint density at radius 3 is 2.57 bits per heavy atom. The summed E-state index contributed by atoms with van der Waals surface area (Å²) in [6.07, 6.45) is 6.91. The lowest BCUT2D eigenvalue weighted by atomic mass is 10.0. The van der Waals surface area contributed by atoms with E-state index >= 15 is 0 Å². The second kappa shape index (κ2) is 10.2. The van der Waals surface area contributed by atoms with Crippen molar-refractivity contribution in [2.24, 2.45) is 0 Å². The molecule has 8 nitrogen and oxygen atoms in total. The number of fused-ring (bicyclic) bond motifs is 3. The van der Waals surface area contributed by atoms with Gasteiger partial charge in [-0.05, 0) is 81.2 Å². The fraction of sp³-hybridized carbons (Fsp3) is 0.393. The molecule has 0 unspecified atom stereocenters. The van der Waals surface area contributed by atoms with Crippen LogP contribution in [0.4, 0.5) is 11.4 Å². The topological polar surface area (TPSA) is 82.5 Å². The number of hydrogen-bond donors (Lipinski definition) is 2. The smallest absolute Gasteiger partial charge is 0.253 e. The molecule has 37 heavy (non-hydrogen) atoms. The summed E-state index contributed by atoms with van der Waals surface area (Å²) < 4.78 is 1.80. The van der Waals surface area contributed by atoms with E-state index in [1.54, 1.807) is 16.8 Å². The molecule has 0 spiro atoms. The molecule has 0 atom stereocenters. The number of nitrogens with one attached hydrogen (secondary N) is 2. The minimum absolute atomic E-state index is 0.0877. The van der Waals surface area contributed by atoms with E-state index in [4.69, 9.17) is 16.7 Å². The van der Waals surface area contributed by atoms with Gasteiger partial charge in [-0.2, -0.15) is 5.10 Å². The molecule has 0 aliphatic carbocycles. The van der Waals surface area contributed by atoms with E-state index in [2.05, 4.69) is 15.5 Å². The number of aromatic nitrogens is 2. The average molecular weight is 519 g/mol. The van der Waals surface area contributed by atoms with Gasteiger partial charge >= 0.3 is 0 Å². The predicted molar refractivity (Wildman–Crippen MR) is 145 cm³/mol. The number of carbonyl (C=O) groups is 2. The highest BCUT2D eigenvalue weighted by Crippen LogP contribution is 2.34. The molecule has 9 heteroatoms. The Kier molecular flexibility index (Phi) is 6.61. The van der Waals surface area contributed by atoms with Crippen LogP contribution in [0.2, 0.25) is 5.02 Å². The third-order valence-corrected chi connectivity index (χ3v) is 7.92. The number of hydrogen-bond acceptors (Lipinski definition) is 5. The summed E-state index contributed by atoms with van der Waals surface area (Å²) in [7, 11) is 0. The van der Waals surface area contributed by atoms with E-state index in [-0.39, 0.29) is 18.2 Å². The normalized spacial score (nSPS) is 18.2. The minimum atomic E-state index is -0.0877. The highest BCUT2D eigenvalue weighted by atomic mass is 35.5. The third kappa shape index (κ3) is 5.08. The monoisotopic (exact) mass is 518 g/mol. The van der Waals surface area contributed by atoms with Gasteiger partial charge in [0.1, 0.15) is 6.67 Å². The first-order valence-electron chi connectivity index (χ1n) is 13.1. The lowest BCUT2D eigenvalue weighted by Crippen LogP contribution is -2.45. The maximum Gasteiger partial charge on any atom is 0.253 e. The lowest BCUT2D eigenvalue weighted by Gasteiger charge is -2.36. The molecule has 2 aromatic carbocycles. The van der Waals surface area contributed by atoms with E-state index in [0.717, 1.165) is 54.0 Å². The van der Waals surface area contributed by atoms with Crippen LogP contribution in [-0.4, -0.2) is 63.6 Å². The largest absolute Gasteiger partial charge is 0.366 e. The molecule has 3 aliphatic rings. The number of benzene rings is 2. The summed E-state index contributed by atoms with van der Waals surface area (Å²) in [6, 6.07) is 13.7. The summed E-state index contributed by atoms with van der Waals surface area (Å²) >= 11 is 6.12. The number of piperidine rings is 1. The number of carbonyl (C=O) groups excluding carboxylic acids is 2. The van der Waals surface area contributed by atoms with Crippen molar-refractivity contribution in [2.75, 3.05) is 36.8 Å². The Labute approximate surface area is 221 Å². The lowest BCUT2D eigenvalue weighted by molar-refractivity contribution is -0.115. The maximum absolute atomic E-state index is 13.0. The van der Waals surface area contributed by atoms with E-state index in [0.29, 0.717) is 23.4 Å². The van der Waals surface area contributed by atoms with Crippen LogP contribution in [0.15, 0.2) is 48.7 Å². The molecule has 6 rings (SSSR count). The average Bonchev–Trinajstić information content (AvgIpc) is 3.56. The summed E-state index contributed by atoms with van der Waals surface area (Å²) in [4.78, 5) is 30.0. The van der Waals surface area contributed by atoms with Gasteiger partial charge in [-0.15, -0.1) is 0 Å². The molecule has 2 N–H and O–H groups in total. The van der Waals surface area contributed by atoms with Crippen LogP contribution >= 0.6 is 11.6 Å². The van der Waals surface area contributed by atoms with Gasteiger partial charge in [0.15, 0.2) is 0 Å². The predicted octanol–water partition coefficient (Wildman–Crippen LogP) is 4.47. The van der Waals surface area contributed by atoms with Crippen molar-refractivity contribution in [3.63, 3.8) is 0 Å². The van der Waals surface area contributed by atoms with Crippen molar-refractivity contribution in [1.29, 1.82) is 0 Å². The number of nitrogens with zero attached hydrogens (tertiary/aromatic N) is 4. The third-order valence-electron chi connectivity index (χ3n) is 7.69. The first kappa shape index (κ1) is 24.0. The van der Waals surface area contributed by atoms with Gasteiger partial charge in [0.2, 0.25) is 5.91 Å². The highest BCUT2D eigenvalue weighted by Gasteiger charge is 2.28. The molecule has 0 saturated carbocycles. The SMILES string of the molecule is O=C1Cc2cn(CNc3ccc(C(=O)N4CCC(N5CCCC5)CC4)cc3)nc2-c2ccc(Cl)cc2N1. The molecule has 1 aromatic heterocycles. The molecule has 2 amide bonds. The highest BCUT2D eigenvalue weighted by molar-refractivity contribution is 6.31. The number of rotatable bonds is 5. The van der Waals surface area contributed by atoms with E-state index in [1.807, 2.05) is 41.4 Å². The molecule has 3 aromatic rings. The van der Waals surface area contributed by atoms with E-state index in [9.17, 15) is 9.59 Å². The van der Waals surface area contributed by atoms with Gasteiger partial charge in [0.25, 0.3) is 5.91 Å². The first-order valence-corrected chi connectivity index (χ1v) is 13.4. The summed E-state index contributed by atoms with van der Waals surface area (Å²) in [5, 5.41) is 11.6. The Bertz CT molecular complexity index is 1310. The Morgan fingerprint density at radius 2 is 1.81 bits per heavy atom. The number of anilines is 2. The van der Waals surface area contributed by atoms with Crippen molar-refractivity contribution < 1.29 is 9.59 Å². The van der Waals surface area contributed by atoms with Gasteiger partial charge in [0.05, 0.1) is 17.8 Å². The van der Waals surface area contributed by atoms with Crippen LogP contribution in [-0.2, 0) is 17.9 Å². The number of halogens is 1. The van der Waals surface area contributed by atoms with Crippen molar-refractivity contribution in [3.05, 3.63) is 64.8 Å². The van der Waals surface area contributed by atoms with E-state index < -0.39 is 0 Å². The Hall–Kier alpha value is -3.36. The zero-order valence-corrected chi connectivity index (χ0v) is 21.5. The summed E-state index contributed by atoms with van der Waals surface area (Å²) in [6.45, 7) is 4.53. The van der Waals surface area contributed by atoms with Gasteiger partial charge < -0.3 is 20.4 Å². The number of likely N-dealkylation sites (tertiary alicyclic amines) is 2. The molecular weight excluding hydrogens is 488 g/mol. The molecule has 4 heterocycles. The van der Waals surface area contributed by atoms with Crippen LogP contribution in [0, 0.1) is 0 Å². The van der Waals surface area contributed by atoms with Crippen molar-refractivity contribution in [2.45, 2.75) is 44.8 Å². The molecular formula is C28H31ClN6O2. The molecule has 3 aliphatic heterocycles. The van der Waals surface area contributed by atoms with Crippen LogP contribution in [0.3, 0.4) is 0 Å². The standard InChI is InChI=1S/C28H31ClN6O2/c29-21-5-8-24-25(16-21)31-26(36)15-20-17-35(32-27(20)24)18-30-22-6-3-19(4-7-22)28(37)34-13-9-23(10-14-34)33-11-1-2-12-33/h3-8,16-17,23,30H,1-2,9-15,18H2,(H,31,36). The first-order chi connectivity index (χ1) is 18.0. The van der Waals surface area contributed by atoms with E-state index in [1.165, 1.54) is 25.9 Å². The quantitative estimate of drug-likeness (QED) is 0.521. The van der Waals surface area contributed by atoms with Crippen molar-refractivity contribution >= 4 is 34.8 Å².